The summed E-state index contributed by atoms with van der Waals surface area (Å²) >= 11 is 5.69. The van der Waals surface area contributed by atoms with Gasteiger partial charge >= 0.3 is 0 Å². The predicted molar refractivity (Wildman–Crippen MR) is 55.2 cm³/mol. The second-order valence-electron chi connectivity index (χ2n) is 2.72. The molecular weight excluding hydrogens is 224 g/mol. The molecule has 0 radical (unpaired) electrons. The van der Waals surface area contributed by atoms with Gasteiger partial charge in [-0.2, -0.15) is 8.42 Å². The van der Waals surface area contributed by atoms with Crippen LogP contribution >= 0.6 is 11.6 Å². The fourth-order valence-corrected chi connectivity index (χ4v) is 2.02. The molecule has 5 heteroatoms. The van der Waals surface area contributed by atoms with Crippen LogP contribution in [0.15, 0.2) is 35.7 Å². The highest BCUT2D eigenvalue weighted by molar-refractivity contribution is 7.85. The molecule has 0 aliphatic heterocycles. The third kappa shape index (κ3) is 2.57. The largest absolute Gasteiger partial charge is 0.294 e. The molecule has 14 heavy (non-hydrogen) atoms. The first-order chi connectivity index (χ1) is 6.45. The first kappa shape index (κ1) is 11.2. The van der Waals surface area contributed by atoms with Gasteiger partial charge in [-0.25, -0.2) is 0 Å². The lowest BCUT2D eigenvalue weighted by Crippen LogP contribution is -2.02. The summed E-state index contributed by atoms with van der Waals surface area (Å²) in [6.07, 6.45) is 1.88. The summed E-state index contributed by atoms with van der Waals surface area (Å²) < 4.78 is 30.7. The fraction of sp³-hybridized carbons (Fsp3) is 0.111. The third-order valence-electron chi connectivity index (χ3n) is 1.66. The van der Waals surface area contributed by atoms with Crippen molar-refractivity contribution in [3.05, 3.63) is 41.4 Å². The maximum Gasteiger partial charge on any atom is 0.294 e. The number of rotatable bonds is 3. The number of halogens is 1. The zero-order chi connectivity index (χ0) is 10.8. The van der Waals surface area contributed by atoms with Crippen LogP contribution < -0.4 is 0 Å². The molecule has 0 bridgehead atoms. The van der Waals surface area contributed by atoms with Gasteiger partial charge in [-0.15, -0.1) is 6.58 Å². The topological polar surface area (TPSA) is 54.4 Å². The van der Waals surface area contributed by atoms with Crippen LogP contribution in [-0.2, 0) is 16.5 Å². The third-order valence-corrected chi connectivity index (χ3v) is 2.85. The van der Waals surface area contributed by atoms with Crippen LogP contribution in [0.25, 0.3) is 0 Å². The average Bonchev–Trinajstić information content (AvgIpc) is 2.02. The molecule has 3 nitrogen and oxygen atoms in total. The maximum atomic E-state index is 10.9. The van der Waals surface area contributed by atoms with Crippen LogP contribution in [0.3, 0.4) is 0 Å². The summed E-state index contributed by atoms with van der Waals surface area (Å²) in [4.78, 5) is -0.123. The summed E-state index contributed by atoms with van der Waals surface area (Å²) in [6.45, 7) is 3.49. The Morgan fingerprint density at radius 1 is 1.50 bits per heavy atom. The Labute approximate surface area is 87.8 Å². The van der Waals surface area contributed by atoms with Gasteiger partial charge in [-0.05, 0) is 30.2 Å². The highest BCUT2D eigenvalue weighted by atomic mass is 35.5. The molecule has 0 unspecified atom stereocenters. The number of allylic oxidation sites excluding steroid dienone is 1. The van der Waals surface area contributed by atoms with Crippen molar-refractivity contribution in [1.29, 1.82) is 0 Å². The van der Waals surface area contributed by atoms with E-state index < -0.39 is 10.1 Å². The Morgan fingerprint density at radius 2 is 2.14 bits per heavy atom. The number of hydrogen-bond donors (Lipinski definition) is 1. The Hall–Kier alpha value is -0.840. The Bertz CT molecular complexity index is 451. The molecule has 0 aliphatic rings. The second kappa shape index (κ2) is 4.13. The molecule has 1 aromatic rings. The molecule has 0 saturated heterocycles. The van der Waals surface area contributed by atoms with Crippen LogP contribution in [0, 0.1) is 0 Å². The summed E-state index contributed by atoms with van der Waals surface area (Å²) in [6, 6.07) is 4.18. The summed E-state index contributed by atoms with van der Waals surface area (Å²) in [5, 5.41) is 0.425. The minimum absolute atomic E-state index is 0.123. The van der Waals surface area contributed by atoms with Crippen molar-refractivity contribution in [3.8, 4) is 0 Å². The van der Waals surface area contributed by atoms with Gasteiger partial charge in [-0.3, -0.25) is 4.55 Å². The molecule has 0 fully saturated rings. The Balaban J connectivity index is 3.36. The van der Waals surface area contributed by atoms with Gasteiger partial charge in [0.1, 0.15) is 0 Å². The Morgan fingerprint density at radius 3 is 2.64 bits per heavy atom. The van der Waals surface area contributed by atoms with E-state index in [2.05, 4.69) is 6.58 Å². The average molecular weight is 233 g/mol. The first-order valence-corrected chi connectivity index (χ1v) is 5.64. The van der Waals surface area contributed by atoms with Crippen molar-refractivity contribution < 1.29 is 13.0 Å². The quantitative estimate of drug-likeness (QED) is 0.643. The van der Waals surface area contributed by atoms with E-state index in [-0.39, 0.29) is 4.90 Å². The van der Waals surface area contributed by atoms with Crippen LogP contribution in [0.4, 0.5) is 0 Å². The van der Waals surface area contributed by atoms with Gasteiger partial charge in [0.05, 0.1) is 4.90 Å². The molecule has 0 heterocycles. The second-order valence-corrected chi connectivity index (χ2v) is 4.55. The molecule has 0 aliphatic carbocycles. The zero-order valence-electron chi connectivity index (χ0n) is 7.27. The minimum atomic E-state index is -4.18. The monoisotopic (exact) mass is 232 g/mol. The highest BCUT2D eigenvalue weighted by Gasteiger charge is 2.14. The molecule has 0 spiro atoms. The van der Waals surface area contributed by atoms with Gasteiger partial charge in [0.2, 0.25) is 0 Å². The van der Waals surface area contributed by atoms with E-state index in [0.29, 0.717) is 17.0 Å². The van der Waals surface area contributed by atoms with Gasteiger partial charge in [0.15, 0.2) is 0 Å². The van der Waals surface area contributed by atoms with Crippen molar-refractivity contribution in [2.45, 2.75) is 11.3 Å². The van der Waals surface area contributed by atoms with Crippen LogP contribution in [0.5, 0.6) is 0 Å². The van der Waals surface area contributed by atoms with Crippen LogP contribution in [0.1, 0.15) is 5.56 Å². The molecule has 0 amide bonds. The molecular formula is C9H9ClO3S. The zero-order valence-corrected chi connectivity index (χ0v) is 8.85. The van der Waals surface area contributed by atoms with E-state index >= 15 is 0 Å². The minimum Gasteiger partial charge on any atom is -0.282 e. The lowest BCUT2D eigenvalue weighted by molar-refractivity contribution is 0.482. The van der Waals surface area contributed by atoms with Gasteiger partial charge in [0, 0.05) is 5.02 Å². The molecule has 1 N–H and O–H groups in total. The highest BCUT2D eigenvalue weighted by Crippen LogP contribution is 2.20. The smallest absolute Gasteiger partial charge is 0.282 e. The summed E-state index contributed by atoms with van der Waals surface area (Å²) in [7, 11) is -4.18. The fourth-order valence-electron chi connectivity index (χ4n) is 1.11. The van der Waals surface area contributed by atoms with E-state index in [0.717, 1.165) is 0 Å². The Kier molecular flexibility index (Phi) is 3.31. The van der Waals surface area contributed by atoms with E-state index in [1.807, 2.05) is 0 Å². The summed E-state index contributed by atoms with van der Waals surface area (Å²) in [5.74, 6) is 0. The van der Waals surface area contributed by atoms with E-state index in [9.17, 15) is 8.42 Å². The molecule has 1 aromatic carbocycles. The van der Waals surface area contributed by atoms with E-state index in [4.69, 9.17) is 16.2 Å². The molecule has 1 rings (SSSR count). The lowest BCUT2D eigenvalue weighted by Gasteiger charge is -2.04. The standard InChI is InChI=1S/C9H9ClO3S/c1-2-3-7-6-8(10)4-5-9(7)14(11,12)13/h2,4-6H,1,3H2,(H,11,12,13). The molecule has 0 saturated carbocycles. The van der Waals surface area contributed by atoms with Gasteiger partial charge in [0.25, 0.3) is 10.1 Å². The number of hydrogen-bond acceptors (Lipinski definition) is 2. The van der Waals surface area contributed by atoms with Crippen molar-refractivity contribution in [1.82, 2.24) is 0 Å². The molecule has 0 atom stereocenters. The van der Waals surface area contributed by atoms with Gasteiger partial charge < -0.3 is 0 Å². The first-order valence-electron chi connectivity index (χ1n) is 3.82. The van der Waals surface area contributed by atoms with Crippen molar-refractivity contribution in [2.75, 3.05) is 0 Å². The van der Waals surface area contributed by atoms with E-state index in [1.165, 1.54) is 18.2 Å². The summed E-state index contributed by atoms with van der Waals surface area (Å²) in [5.41, 5.74) is 0.440. The van der Waals surface area contributed by atoms with Gasteiger partial charge in [-0.1, -0.05) is 17.7 Å². The predicted octanol–water partition coefficient (Wildman–Crippen LogP) is 2.32. The lowest BCUT2D eigenvalue weighted by atomic mass is 10.1. The van der Waals surface area contributed by atoms with Crippen LogP contribution in [-0.4, -0.2) is 13.0 Å². The maximum absolute atomic E-state index is 10.9. The normalized spacial score (nSPS) is 11.3. The van der Waals surface area contributed by atoms with Crippen molar-refractivity contribution in [2.24, 2.45) is 0 Å². The number of benzene rings is 1. The van der Waals surface area contributed by atoms with Crippen molar-refractivity contribution >= 4 is 21.7 Å². The SMILES string of the molecule is C=CCc1cc(Cl)ccc1S(=O)(=O)O. The van der Waals surface area contributed by atoms with Crippen molar-refractivity contribution in [3.63, 3.8) is 0 Å². The molecule has 76 valence electrons. The molecule has 0 aromatic heterocycles. The van der Waals surface area contributed by atoms with E-state index in [1.54, 1.807) is 6.08 Å². The van der Waals surface area contributed by atoms with Crippen LogP contribution in [0.2, 0.25) is 5.02 Å².